The average Bonchev–Trinajstić information content (AvgIpc) is 2.78. The first-order chi connectivity index (χ1) is 15.0. The van der Waals surface area contributed by atoms with Crippen molar-refractivity contribution in [1.82, 2.24) is 9.21 Å². The lowest BCUT2D eigenvalue weighted by atomic mass is 9.70. The van der Waals surface area contributed by atoms with E-state index in [1.165, 1.54) is 25.6 Å². The summed E-state index contributed by atoms with van der Waals surface area (Å²) in [4.78, 5) is 14.5. The predicted octanol–water partition coefficient (Wildman–Crippen LogP) is 3.85. The van der Waals surface area contributed by atoms with E-state index in [9.17, 15) is 13.2 Å². The second kappa shape index (κ2) is 8.34. The van der Waals surface area contributed by atoms with Crippen LogP contribution in [0, 0.1) is 11.8 Å². The minimum atomic E-state index is -3.64. The molecule has 168 valence electrons. The summed E-state index contributed by atoms with van der Waals surface area (Å²) in [5.74, 6) is 0.845. The van der Waals surface area contributed by atoms with Gasteiger partial charge in [0.1, 0.15) is 5.58 Å². The molecular formula is C24H32N2O4S. The van der Waals surface area contributed by atoms with Gasteiger partial charge in [-0.15, -0.1) is 0 Å². The quantitative estimate of drug-likeness (QED) is 0.655. The van der Waals surface area contributed by atoms with Gasteiger partial charge in [-0.2, -0.15) is 4.31 Å². The Morgan fingerprint density at radius 1 is 1.10 bits per heavy atom. The highest BCUT2D eigenvalue weighted by Gasteiger charge is 2.51. The highest BCUT2D eigenvalue weighted by molar-refractivity contribution is 7.89. The molecule has 3 saturated heterocycles. The number of benzene rings is 1. The molecule has 7 heteroatoms. The van der Waals surface area contributed by atoms with Crippen LogP contribution in [-0.4, -0.2) is 49.3 Å². The molecule has 0 amide bonds. The van der Waals surface area contributed by atoms with E-state index in [-0.39, 0.29) is 6.04 Å². The van der Waals surface area contributed by atoms with Gasteiger partial charge in [-0.1, -0.05) is 19.8 Å². The van der Waals surface area contributed by atoms with Crippen molar-refractivity contribution < 1.29 is 12.8 Å². The molecule has 3 fully saturated rings. The normalized spacial score (nSPS) is 29.7. The summed E-state index contributed by atoms with van der Waals surface area (Å²) in [6.45, 7) is 5.13. The maximum Gasteiger partial charge on any atom is 0.336 e. The summed E-state index contributed by atoms with van der Waals surface area (Å²) < 4.78 is 34.9. The summed E-state index contributed by atoms with van der Waals surface area (Å²) >= 11 is 0. The van der Waals surface area contributed by atoms with Crippen LogP contribution in [0.4, 0.5) is 0 Å². The molecule has 0 radical (unpaired) electrons. The van der Waals surface area contributed by atoms with Crippen molar-refractivity contribution in [3.8, 4) is 0 Å². The molecule has 5 rings (SSSR count). The standard InChI is InChI=1S/C24H32N2O4S/c1-2-3-8-21-20-7-5-14-25-13-4-6-18(24(20)25)16-26(21)31(28,29)19-10-11-22-17(15-19)9-12-23(27)30-22/h9-12,15,18,20-21,24H,2-8,13-14,16H2,1H3/t18-,20+,21+,24-/m0/s1. The smallest absolute Gasteiger partial charge is 0.336 e. The SMILES string of the molecule is CCCC[C@@H]1[C@H]2CCCN3CCC[C@@H](CN1S(=O)(=O)c1ccc4oc(=O)ccc4c1)[C@@H]23. The lowest BCUT2D eigenvalue weighted by Gasteiger charge is -2.57. The fraction of sp³-hybridized carbons (Fsp3) is 0.625. The van der Waals surface area contributed by atoms with Gasteiger partial charge in [-0.25, -0.2) is 13.2 Å². The molecule has 0 saturated carbocycles. The van der Waals surface area contributed by atoms with Gasteiger partial charge in [0, 0.05) is 30.1 Å². The van der Waals surface area contributed by atoms with Crippen molar-refractivity contribution >= 4 is 21.0 Å². The molecule has 0 N–H and O–H groups in total. The zero-order valence-corrected chi connectivity index (χ0v) is 19.0. The third-order valence-electron chi connectivity index (χ3n) is 7.68. The highest BCUT2D eigenvalue weighted by Crippen LogP contribution is 2.45. The molecule has 0 unspecified atom stereocenters. The summed E-state index contributed by atoms with van der Waals surface area (Å²) in [5, 5.41) is 0.641. The van der Waals surface area contributed by atoms with Crippen LogP contribution in [0.3, 0.4) is 0 Å². The van der Waals surface area contributed by atoms with E-state index in [1.807, 2.05) is 4.31 Å². The van der Waals surface area contributed by atoms with Crippen LogP contribution in [0.15, 0.2) is 44.4 Å². The summed E-state index contributed by atoms with van der Waals surface area (Å²) in [6.07, 6.45) is 7.63. The minimum Gasteiger partial charge on any atom is -0.423 e. The Balaban J connectivity index is 1.54. The zero-order valence-electron chi connectivity index (χ0n) is 18.2. The average molecular weight is 445 g/mol. The number of piperidine rings is 3. The van der Waals surface area contributed by atoms with Gasteiger partial charge in [0.25, 0.3) is 0 Å². The third-order valence-corrected chi connectivity index (χ3v) is 9.56. The van der Waals surface area contributed by atoms with Crippen LogP contribution in [0.25, 0.3) is 11.0 Å². The Bertz CT molecular complexity index is 1110. The third kappa shape index (κ3) is 3.74. The molecular weight excluding hydrogens is 412 g/mol. The Hall–Kier alpha value is -1.70. The largest absolute Gasteiger partial charge is 0.423 e. The van der Waals surface area contributed by atoms with Crippen LogP contribution in [0.1, 0.15) is 51.9 Å². The maximum absolute atomic E-state index is 13.9. The van der Waals surface area contributed by atoms with Crippen LogP contribution in [0.2, 0.25) is 0 Å². The van der Waals surface area contributed by atoms with Gasteiger partial charge < -0.3 is 4.42 Å². The number of hydrogen-bond acceptors (Lipinski definition) is 5. The number of sulfonamides is 1. The van der Waals surface area contributed by atoms with Gasteiger partial charge in [0.05, 0.1) is 4.90 Å². The molecule has 0 spiro atoms. The first-order valence-electron chi connectivity index (χ1n) is 11.8. The summed E-state index contributed by atoms with van der Waals surface area (Å²) in [5.41, 5.74) is -0.00754. The zero-order chi connectivity index (χ0) is 21.6. The molecule has 0 bridgehead atoms. The maximum atomic E-state index is 13.9. The van der Waals surface area contributed by atoms with E-state index in [0.29, 0.717) is 40.3 Å². The number of fused-ring (bicyclic) bond motifs is 1. The molecule has 3 aliphatic heterocycles. The molecule has 1 aromatic heterocycles. The Kier molecular flexibility index (Phi) is 5.69. The van der Waals surface area contributed by atoms with E-state index in [2.05, 4.69) is 11.8 Å². The topological polar surface area (TPSA) is 70.8 Å². The second-order valence-electron chi connectivity index (χ2n) is 9.47. The number of nitrogens with zero attached hydrogens (tertiary/aromatic N) is 2. The van der Waals surface area contributed by atoms with Gasteiger partial charge in [0.15, 0.2) is 0 Å². The van der Waals surface area contributed by atoms with E-state index in [4.69, 9.17) is 4.42 Å². The molecule has 1 aromatic carbocycles. The highest BCUT2D eigenvalue weighted by atomic mass is 32.2. The van der Waals surface area contributed by atoms with Crippen molar-refractivity contribution in [3.63, 3.8) is 0 Å². The number of unbranched alkanes of at least 4 members (excludes halogenated alkanes) is 1. The van der Waals surface area contributed by atoms with Crippen molar-refractivity contribution in [3.05, 3.63) is 40.8 Å². The van der Waals surface area contributed by atoms with Crippen molar-refractivity contribution in [2.75, 3.05) is 19.6 Å². The van der Waals surface area contributed by atoms with Crippen LogP contribution < -0.4 is 5.63 Å². The van der Waals surface area contributed by atoms with Crippen molar-refractivity contribution in [2.24, 2.45) is 11.8 Å². The molecule has 0 aliphatic carbocycles. The molecule has 31 heavy (non-hydrogen) atoms. The number of rotatable bonds is 5. The Labute approximate surface area is 184 Å². The summed E-state index contributed by atoms with van der Waals surface area (Å²) in [7, 11) is -3.64. The van der Waals surface area contributed by atoms with Gasteiger partial charge in [-0.05, 0) is 81.3 Å². The Morgan fingerprint density at radius 3 is 2.71 bits per heavy atom. The second-order valence-corrected chi connectivity index (χ2v) is 11.4. The fourth-order valence-electron chi connectivity index (χ4n) is 6.35. The lowest BCUT2D eigenvalue weighted by Crippen LogP contribution is -2.65. The van der Waals surface area contributed by atoms with E-state index < -0.39 is 15.6 Å². The molecule has 6 nitrogen and oxygen atoms in total. The number of hydrogen-bond donors (Lipinski definition) is 0. The molecule has 2 aromatic rings. The van der Waals surface area contributed by atoms with Crippen molar-refractivity contribution in [2.45, 2.75) is 68.8 Å². The van der Waals surface area contributed by atoms with Gasteiger partial charge in [0.2, 0.25) is 10.0 Å². The fourth-order valence-corrected chi connectivity index (χ4v) is 8.14. The molecule has 4 heterocycles. The predicted molar refractivity (Wildman–Crippen MR) is 120 cm³/mol. The molecule has 4 atom stereocenters. The van der Waals surface area contributed by atoms with Gasteiger partial charge >= 0.3 is 5.63 Å². The monoisotopic (exact) mass is 444 g/mol. The summed E-state index contributed by atoms with van der Waals surface area (Å²) in [6, 6.07) is 8.45. The minimum absolute atomic E-state index is 0.0662. The van der Waals surface area contributed by atoms with Crippen molar-refractivity contribution in [1.29, 1.82) is 0 Å². The molecule has 3 aliphatic rings. The first-order valence-corrected chi connectivity index (χ1v) is 13.2. The first kappa shape index (κ1) is 21.2. The lowest BCUT2D eigenvalue weighted by molar-refractivity contribution is -0.0523. The van der Waals surface area contributed by atoms with E-state index in [1.54, 1.807) is 24.3 Å². The van der Waals surface area contributed by atoms with Crippen LogP contribution >= 0.6 is 0 Å². The Morgan fingerprint density at radius 2 is 1.90 bits per heavy atom. The van der Waals surface area contributed by atoms with Crippen LogP contribution in [-0.2, 0) is 10.0 Å². The van der Waals surface area contributed by atoms with E-state index >= 15 is 0 Å². The van der Waals surface area contributed by atoms with E-state index in [0.717, 1.165) is 38.5 Å². The van der Waals surface area contributed by atoms with Crippen LogP contribution in [0.5, 0.6) is 0 Å². The van der Waals surface area contributed by atoms with Gasteiger partial charge in [-0.3, -0.25) is 4.90 Å².